The van der Waals surface area contributed by atoms with Gasteiger partial charge in [-0.2, -0.15) is 0 Å². The molecular formula is C15H14ClNO2. The molecular weight excluding hydrogens is 262 g/mol. The number of Topliss-reactive ketones (excluding diaryl/α,β-unsaturated/α-hetero) is 1. The van der Waals surface area contributed by atoms with Gasteiger partial charge in [0.05, 0.1) is 0 Å². The van der Waals surface area contributed by atoms with E-state index in [9.17, 15) is 4.79 Å². The van der Waals surface area contributed by atoms with Gasteiger partial charge in [0, 0.05) is 5.56 Å². The number of hydrogen-bond donors (Lipinski definition) is 1. The van der Waals surface area contributed by atoms with Gasteiger partial charge >= 0.3 is 0 Å². The minimum Gasteiger partial charge on any atom is -0.489 e. The Morgan fingerprint density at radius 3 is 2.32 bits per heavy atom. The summed E-state index contributed by atoms with van der Waals surface area (Å²) < 4.78 is 5.61. The molecule has 1 unspecified atom stereocenters. The molecule has 0 bridgehead atoms. The van der Waals surface area contributed by atoms with Gasteiger partial charge < -0.3 is 10.5 Å². The fraction of sp³-hybridized carbons (Fsp3) is 0.133. The molecule has 0 radical (unpaired) electrons. The third-order valence-electron chi connectivity index (χ3n) is 2.64. The van der Waals surface area contributed by atoms with Crippen molar-refractivity contribution in [3.05, 3.63) is 65.7 Å². The third-order valence-corrected chi connectivity index (χ3v) is 2.84. The first kappa shape index (κ1) is 13.6. The van der Waals surface area contributed by atoms with Crippen LogP contribution in [-0.4, -0.2) is 11.3 Å². The van der Waals surface area contributed by atoms with Crippen LogP contribution in [0.5, 0.6) is 5.75 Å². The number of halogens is 1. The maximum Gasteiger partial charge on any atom is 0.194 e. The van der Waals surface area contributed by atoms with E-state index in [0.29, 0.717) is 17.9 Å². The van der Waals surface area contributed by atoms with Crippen molar-refractivity contribution in [2.24, 2.45) is 5.73 Å². The maximum atomic E-state index is 11.5. The van der Waals surface area contributed by atoms with E-state index in [-0.39, 0.29) is 5.78 Å². The third kappa shape index (κ3) is 3.81. The SMILES string of the molecule is NC(Cl)C(=O)c1ccc(OCc2ccccc2)cc1. The minimum atomic E-state index is -1.00. The van der Waals surface area contributed by atoms with E-state index in [4.69, 9.17) is 22.1 Å². The Kier molecular flexibility index (Phi) is 4.55. The zero-order valence-electron chi connectivity index (χ0n) is 10.3. The van der Waals surface area contributed by atoms with Crippen molar-refractivity contribution in [3.63, 3.8) is 0 Å². The molecule has 98 valence electrons. The molecule has 2 rings (SSSR count). The van der Waals surface area contributed by atoms with Crippen LogP contribution in [0.25, 0.3) is 0 Å². The van der Waals surface area contributed by atoms with Gasteiger partial charge in [0.1, 0.15) is 17.9 Å². The van der Waals surface area contributed by atoms with Crippen LogP contribution in [0.3, 0.4) is 0 Å². The van der Waals surface area contributed by atoms with Gasteiger partial charge in [-0.3, -0.25) is 4.79 Å². The molecule has 0 amide bonds. The van der Waals surface area contributed by atoms with E-state index in [2.05, 4.69) is 0 Å². The van der Waals surface area contributed by atoms with Crippen LogP contribution in [0.2, 0.25) is 0 Å². The van der Waals surface area contributed by atoms with Gasteiger partial charge in [-0.05, 0) is 29.8 Å². The number of carbonyl (C=O) groups is 1. The first-order valence-electron chi connectivity index (χ1n) is 5.87. The van der Waals surface area contributed by atoms with E-state index < -0.39 is 5.50 Å². The van der Waals surface area contributed by atoms with Gasteiger partial charge in [-0.25, -0.2) is 0 Å². The highest BCUT2D eigenvalue weighted by atomic mass is 35.5. The Balaban J connectivity index is 1.98. The summed E-state index contributed by atoms with van der Waals surface area (Å²) in [6.45, 7) is 0.489. The fourth-order valence-electron chi connectivity index (χ4n) is 1.62. The fourth-order valence-corrected chi connectivity index (χ4v) is 1.74. The second-order valence-corrected chi connectivity index (χ2v) is 4.53. The van der Waals surface area contributed by atoms with Crippen LogP contribution in [0.1, 0.15) is 15.9 Å². The lowest BCUT2D eigenvalue weighted by atomic mass is 10.1. The molecule has 0 heterocycles. The largest absolute Gasteiger partial charge is 0.489 e. The molecule has 0 aliphatic carbocycles. The highest BCUT2D eigenvalue weighted by Crippen LogP contribution is 2.15. The summed E-state index contributed by atoms with van der Waals surface area (Å²) in [5, 5.41) is 0. The molecule has 19 heavy (non-hydrogen) atoms. The summed E-state index contributed by atoms with van der Waals surface area (Å²) in [6, 6.07) is 16.6. The highest BCUT2D eigenvalue weighted by Gasteiger charge is 2.12. The predicted octanol–water partition coefficient (Wildman–Crippen LogP) is 2.97. The zero-order valence-corrected chi connectivity index (χ0v) is 11.0. The van der Waals surface area contributed by atoms with Gasteiger partial charge in [-0.15, -0.1) is 0 Å². The molecule has 0 aromatic heterocycles. The summed E-state index contributed by atoms with van der Waals surface area (Å²) in [5.41, 5.74) is 5.89. The molecule has 2 aromatic rings. The number of rotatable bonds is 5. The smallest absolute Gasteiger partial charge is 0.194 e. The van der Waals surface area contributed by atoms with E-state index in [1.165, 1.54) is 0 Å². The number of carbonyl (C=O) groups excluding carboxylic acids is 1. The van der Waals surface area contributed by atoms with Crippen LogP contribution >= 0.6 is 11.6 Å². The lowest BCUT2D eigenvalue weighted by Gasteiger charge is -2.07. The van der Waals surface area contributed by atoms with E-state index in [1.54, 1.807) is 24.3 Å². The number of benzene rings is 2. The normalized spacial score (nSPS) is 11.9. The minimum absolute atomic E-state index is 0.295. The highest BCUT2D eigenvalue weighted by molar-refractivity contribution is 6.33. The van der Waals surface area contributed by atoms with Crippen molar-refractivity contribution in [1.29, 1.82) is 0 Å². The van der Waals surface area contributed by atoms with Gasteiger partial charge in [0.15, 0.2) is 5.78 Å². The molecule has 2 N–H and O–H groups in total. The average Bonchev–Trinajstić information content (AvgIpc) is 2.46. The molecule has 0 aliphatic rings. The van der Waals surface area contributed by atoms with E-state index >= 15 is 0 Å². The molecule has 0 saturated heterocycles. The second-order valence-electron chi connectivity index (χ2n) is 4.06. The van der Waals surface area contributed by atoms with Gasteiger partial charge in [0.25, 0.3) is 0 Å². The van der Waals surface area contributed by atoms with Crippen LogP contribution in [-0.2, 0) is 6.61 Å². The number of nitrogens with two attached hydrogens (primary N) is 1. The number of alkyl halides is 1. The van der Waals surface area contributed by atoms with Crippen molar-refractivity contribution in [1.82, 2.24) is 0 Å². The zero-order chi connectivity index (χ0) is 13.7. The number of ketones is 1. The Labute approximate surface area is 117 Å². The van der Waals surface area contributed by atoms with Crippen molar-refractivity contribution in [2.45, 2.75) is 12.1 Å². The quantitative estimate of drug-likeness (QED) is 0.518. The summed E-state index contributed by atoms with van der Waals surface area (Å²) in [5.74, 6) is 0.403. The molecule has 0 spiro atoms. The Morgan fingerprint density at radius 2 is 1.74 bits per heavy atom. The van der Waals surface area contributed by atoms with Gasteiger partial charge in [-0.1, -0.05) is 41.9 Å². The van der Waals surface area contributed by atoms with Crippen molar-refractivity contribution < 1.29 is 9.53 Å². The molecule has 4 heteroatoms. The number of ether oxygens (including phenoxy) is 1. The monoisotopic (exact) mass is 275 g/mol. The first-order valence-corrected chi connectivity index (χ1v) is 6.31. The van der Waals surface area contributed by atoms with Gasteiger partial charge in [0.2, 0.25) is 0 Å². The summed E-state index contributed by atoms with van der Waals surface area (Å²) in [7, 11) is 0. The predicted molar refractivity (Wildman–Crippen MR) is 75.4 cm³/mol. The Bertz CT molecular complexity index is 538. The second kappa shape index (κ2) is 6.36. The topological polar surface area (TPSA) is 52.3 Å². The van der Waals surface area contributed by atoms with Crippen LogP contribution in [0.4, 0.5) is 0 Å². The summed E-state index contributed by atoms with van der Waals surface area (Å²) in [4.78, 5) is 11.5. The van der Waals surface area contributed by atoms with E-state index in [1.807, 2.05) is 30.3 Å². The molecule has 0 aliphatic heterocycles. The maximum absolute atomic E-state index is 11.5. The lowest BCUT2D eigenvalue weighted by molar-refractivity contribution is 0.0988. The van der Waals surface area contributed by atoms with Crippen LogP contribution < -0.4 is 10.5 Å². The average molecular weight is 276 g/mol. The van der Waals surface area contributed by atoms with Crippen molar-refractivity contribution >= 4 is 17.4 Å². The molecule has 3 nitrogen and oxygen atoms in total. The standard InChI is InChI=1S/C15H14ClNO2/c16-15(17)14(18)12-6-8-13(9-7-12)19-10-11-4-2-1-3-5-11/h1-9,15H,10,17H2. The summed E-state index contributed by atoms with van der Waals surface area (Å²) in [6.07, 6.45) is 0. The van der Waals surface area contributed by atoms with Crippen LogP contribution in [0, 0.1) is 0 Å². The molecule has 0 fully saturated rings. The Morgan fingerprint density at radius 1 is 1.11 bits per heavy atom. The van der Waals surface area contributed by atoms with Crippen molar-refractivity contribution in [2.75, 3.05) is 0 Å². The molecule has 0 saturated carbocycles. The van der Waals surface area contributed by atoms with E-state index in [0.717, 1.165) is 5.56 Å². The lowest BCUT2D eigenvalue weighted by Crippen LogP contribution is -2.23. The van der Waals surface area contributed by atoms with Crippen LogP contribution in [0.15, 0.2) is 54.6 Å². The molecule has 1 atom stereocenters. The van der Waals surface area contributed by atoms with Crippen molar-refractivity contribution in [3.8, 4) is 5.75 Å². The number of hydrogen-bond acceptors (Lipinski definition) is 3. The Hall–Kier alpha value is -1.84. The molecule has 2 aromatic carbocycles. The first-order chi connectivity index (χ1) is 9.16. The summed E-state index contributed by atoms with van der Waals surface area (Å²) >= 11 is 5.54.